The Morgan fingerprint density at radius 2 is 1.28 bits per heavy atom. The molecule has 0 saturated heterocycles. The van der Waals surface area contributed by atoms with Gasteiger partial charge in [-0.15, -0.1) is 0 Å². The molecule has 1 N–H and O–H groups in total. The Bertz CT molecular complexity index is 1380. The standard InChI is InChI=1S/C30H27NO/c1-29(2)25-17-16-19(18-24(25)22-11-6-8-15-27(22)31-29)20-12-9-13-23-21-10-5-7-14-26(21)30(3,4)32-28(20)23/h5-18,31H,1-4H3. The Balaban J connectivity index is 1.58. The first-order valence-corrected chi connectivity index (χ1v) is 11.3. The molecule has 2 heteroatoms. The fourth-order valence-corrected chi connectivity index (χ4v) is 5.35. The lowest BCUT2D eigenvalue weighted by atomic mass is 9.80. The van der Waals surface area contributed by atoms with Gasteiger partial charge >= 0.3 is 0 Å². The molecule has 0 saturated carbocycles. The molecule has 0 aliphatic carbocycles. The average Bonchev–Trinajstić information content (AvgIpc) is 2.78. The number of rotatable bonds is 1. The Morgan fingerprint density at radius 1 is 0.594 bits per heavy atom. The van der Waals surface area contributed by atoms with Gasteiger partial charge in [0, 0.05) is 27.9 Å². The van der Waals surface area contributed by atoms with Crippen molar-refractivity contribution in [3.8, 4) is 39.1 Å². The van der Waals surface area contributed by atoms with Gasteiger partial charge in [0.15, 0.2) is 0 Å². The molecular formula is C30H27NO. The van der Waals surface area contributed by atoms with Gasteiger partial charge in [-0.3, -0.25) is 0 Å². The van der Waals surface area contributed by atoms with Crippen LogP contribution in [0.25, 0.3) is 33.4 Å². The van der Waals surface area contributed by atoms with E-state index in [2.05, 4.69) is 118 Å². The van der Waals surface area contributed by atoms with Gasteiger partial charge in [0.05, 0.1) is 5.54 Å². The first kappa shape index (κ1) is 19.2. The number of ether oxygens (including phenoxy) is 1. The van der Waals surface area contributed by atoms with E-state index in [1.165, 1.54) is 39.1 Å². The molecule has 6 rings (SSSR count). The van der Waals surface area contributed by atoms with E-state index in [0.717, 1.165) is 16.9 Å². The van der Waals surface area contributed by atoms with Crippen LogP contribution in [-0.4, -0.2) is 0 Å². The van der Waals surface area contributed by atoms with Crippen molar-refractivity contribution in [2.75, 3.05) is 5.32 Å². The van der Waals surface area contributed by atoms with Crippen LogP contribution in [0.3, 0.4) is 0 Å². The summed E-state index contributed by atoms with van der Waals surface area (Å²) in [6, 6.07) is 30.5. The second-order valence-corrected chi connectivity index (χ2v) is 9.90. The second kappa shape index (κ2) is 6.49. The SMILES string of the molecule is CC1(C)Nc2ccccc2-c2cc(-c3cccc4c3OC(C)(C)c3ccccc3-4)ccc21. The van der Waals surface area contributed by atoms with Crippen molar-refractivity contribution in [2.24, 2.45) is 0 Å². The summed E-state index contributed by atoms with van der Waals surface area (Å²) in [5.74, 6) is 0.970. The zero-order chi connectivity index (χ0) is 22.1. The van der Waals surface area contributed by atoms with Crippen LogP contribution in [0.2, 0.25) is 0 Å². The lowest BCUT2D eigenvalue weighted by molar-refractivity contribution is 0.106. The number of benzene rings is 4. The molecule has 0 aromatic heterocycles. The highest BCUT2D eigenvalue weighted by atomic mass is 16.5. The highest BCUT2D eigenvalue weighted by Gasteiger charge is 2.34. The summed E-state index contributed by atoms with van der Waals surface area (Å²) in [4.78, 5) is 0. The fraction of sp³-hybridized carbons (Fsp3) is 0.200. The minimum atomic E-state index is -0.383. The number of anilines is 1. The van der Waals surface area contributed by atoms with Gasteiger partial charge in [-0.1, -0.05) is 72.8 Å². The highest BCUT2D eigenvalue weighted by Crippen LogP contribution is 2.50. The zero-order valence-electron chi connectivity index (χ0n) is 19.0. The number of para-hydroxylation sites is 2. The first-order chi connectivity index (χ1) is 15.4. The quantitative estimate of drug-likeness (QED) is 0.339. The van der Waals surface area contributed by atoms with Gasteiger partial charge in [-0.2, -0.15) is 0 Å². The third-order valence-corrected chi connectivity index (χ3v) is 6.91. The van der Waals surface area contributed by atoms with Crippen LogP contribution in [0.15, 0.2) is 84.9 Å². The smallest absolute Gasteiger partial charge is 0.136 e. The summed E-state index contributed by atoms with van der Waals surface area (Å²) in [6.07, 6.45) is 0. The zero-order valence-corrected chi connectivity index (χ0v) is 19.0. The predicted molar refractivity (Wildman–Crippen MR) is 133 cm³/mol. The van der Waals surface area contributed by atoms with E-state index in [1.807, 2.05) is 0 Å². The van der Waals surface area contributed by atoms with Crippen molar-refractivity contribution in [2.45, 2.75) is 38.8 Å². The molecule has 4 aromatic carbocycles. The second-order valence-electron chi connectivity index (χ2n) is 9.90. The maximum absolute atomic E-state index is 6.67. The van der Waals surface area contributed by atoms with Crippen LogP contribution < -0.4 is 10.1 Å². The minimum Gasteiger partial charge on any atom is -0.482 e. The molecule has 32 heavy (non-hydrogen) atoms. The molecule has 2 aliphatic heterocycles. The minimum absolute atomic E-state index is 0.129. The molecule has 0 spiro atoms. The molecule has 4 aromatic rings. The third-order valence-electron chi connectivity index (χ3n) is 6.91. The molecule has 0 bridgehead atoms. The molecule has 0 atom stereocenters. The summed E-state index contributed by atoms with van der Waals surface area (Å²) >= 11 is 0. The van der Waals surface area contributed by atoms with E-state index in [1.54, 1.807) is 0 Å². The summed E-state index contributed by atoms with van der Waals surface area (Å²) in [6.45, 7) is 8.80. The van der Waals surface area contributed by atoms with E-state index in [4.69, 9.17) is 4.74 Å². The van der Waals surface area contributed by atoms with Crippen LogP contribution >= 0.6 is 0 Å². The van der Waals surface area contributed by atoms with E-state index in [0.29, 0.717) is 0 Å². The topological polar surface area (TPSA) is 21.3 Å². The van der Waals surface area contributed by atoms with Crippen LogP contribution in [0.4, 0.5) is 5.69 Å². The molecule has 0 unspecified atom stereocenters. The largest absolute Gasteiger partial charge is 0.482 e. The van der Waals surface area contributed by atoms with Gasteiger partial charge in [0.25, 0.3) is 0 Å². The maximum atomic E-state index is 6.67. The lowest BCUT2D eigenvalue weighted by Gasteiger charge is -2.37. The van der Waals surface area contributed by atoms with Crippen molar-refractivity contribution >= 4 is 5.69 Å². The molecular weight excluding hydrogens is 390 g/mol. The molecule has 0 fully saturated rings. The molecule has 2 aliphatic rings. The van der Waals surface area contributed by atoms with Crippen LogP contribution in [0.1, 0.15) is 38.8 Å². The third kappa shape index (κ3) is 2.72. The van der Waals surface area contributed by atoms with Crippen molar-refractivity contribution in [1.82, 2.24) is 0 Å². The summed E-state index contributed by atoms with van der Waals surface area (Å²) in [7, 11) is 0. The average molecular weight is 418 g/mol. The molecule has 2 nitrogen and oxygen atoms in total. The number of hydrogen-bond donors (Lipinski definition) is 1. The van der Waals surface area contributed by atoms with Gasteiger partial charge in [-0.25, -0.2) is 0 Å². The maximum Gasteiger partial charge on any atom is 0.136 e. The van der Waals surface area contributed by atoms with Crippen LogP contribution in [0.5, 0.6) is 5.75 Å². The molecule has 0 radical (unpaired) electrons. The van der Waals surface area contributed by atoms with Crippen molar-refractivity contribution in [3.63, 3.8) is 0 Å². The number of hydrogen-bond acceptors (Lipinski definition) is 2. The Hall–Kier alpha value is -3.52. The predicted octanol–water partition coefficient (Wildman–Crippen LogP) is 7.98. The van der Waals surface area contributed by atoms with Crippen molar-refractivity contribution in [3.05, 3.63) is 96.1 Å². The van der Waals surface area contributed by atoms with Crippen molar-refractivity contribution in [1.29, 1.82) is 0 Å². The highest BCUT2D eigenvalue weighted by molar-refractivity contribution is 5.90. The van der Waals surface area contributed by atoms with Gasteiger partial charge < -0.3 is 10.1 Å². The molecule has 158 valence electrons. The molecule has 2 heterocycles. The summed E-state index contributed by atoms with van der Waals surface area (Å²) in [5, 5.41) is 3.70. The Labute approximate surface area is 189 Å². The van der Waals surface area contributed by atoms with E-state index in [-0.39, 0.29) is 11.1 Å². The summed E-state index contributed by atoms with van der Waals surface area (Å²) in [5.41, 5.74) is 10.5. The molecule has 0 amide bonds. The first-order valence-electron chi connectivity index (χ1n) is 11.3. The summed E-state index contributed by atoms with van der Waals surface area (Å²) < 4.78 is 6.67. The van der Waals surface area contributed by atoms with E-state index in [9.17, 15) is 0 Å². The normalized spacial score (nSPS) is 16.5. The Kier molecular flexibility index (Phi) is 3.89. The fourth-order valence-electron chi connectivity index (χ4n) is 5.35. The lowest BCUT2D eigenvalue weighted by Crippen LogP contribution is -2.31. The van der Waals surface area contributed by atoms with Crippen molar-refractivity contribution < 1.29 is 4.74 Å². The van der Waals surface area contributed by atoms with Crippen LogP contribution in [0, 0.1) is 0 Å². The van der Waals surface area contributed by atoms with E-state index >= 15 is 0 Å². The van der Waals surface area contributed by atoms with Gasteiger partial charge in [-0.05, 0) is 62.1 Å². The number of nitrogens with one attached hydrogen (secondary N) is 1. The van der Waals surface area contributed by atoms with Gasteiger partial charge in [0.1, 0.15) is 11.4 Å². The van der Waals surface area contributed by atoms with Crippen LogP contribution in [-0.2, 0) is 11.1 Å². The Morgan fingerprint density at radius 3 is 2.12 bits per heavy atom. The van der Waals surface area contributed by atoms with Gasteiger partial charge in [0.2, 0.25) is 0 Å². The van der Waals surface area contributed by atoms with E-state index < -0.39 is 0 Å². The number of fused-ring (bicyclic) bond motifs is 6. The monoisotopic (exact) mass is 417 g/mol.